The van der Waals surface area contributed by atoms with Gasteiger partial charge >= 0.3 is 5.97 Å². The smallest absolute Gasteiger partial charge is 0.308 e. The first kappa shape index (κ1) is 13.6. The summed E-state index contributed by atoms with van der Waals surface area (Å²) in [5.74, 6) is -0.637. The predicted octanol–water partition coefficient (Wildman–Crippen LogP) is 0.0589. The Morgan fingerprint density at radius 1 is 1.47 bits per heavy atom. The van der Waals surface area contributed by atoms with Crippen molar-refractivity contribution >= 4 is 5.97 Å². The van der Waals surface area contributed by atoms with Crippen LogP contribution in [0, 0.1) is 5.92 Å². The summed E-state index contributed by atoms with van der Waals surface area (Å²) in [6.45, 7) is 4.30. The largest absolute Gasteiger partial charge is 0.481 e. The number of hydrogen-bond donors (Lipinski definition) is 1. The van der Waals surface area contributed by atoms with Gasteiger partial charge in [0.05, 0.1) is 12.0 Å². The van der Waals surface area contributed by atoms with Crippen molar-refractivity contribution in [3.8, 4) is 0 Å². The Hall–Kier alpha value is -1.50. The van der Waals surface area contributed by atoms with Gasteiger partial charge in [0.25, 0.3) is 0 Å². The highest BCUT2D eigenvalue weighted by atomic mass is 16.4. The molecule has 1 aromatic rings. The van der Waals surface area contributed by atoms with Gasteiger partial charge in [-0.15, -0.1) is 5.10 Å². The van der Waals surface area contributed by atoms with Crippen LogP contribution in [-0.2, 0) is 11.2 Å². The minimum atomic E-state index is -0.841. The molecule has 0 aliphatic heterocycles. The molecule has 0 bridgehead atoms. The zero-order valence-electron chi connectivity index (χ0n) is 10.7. The van der Waals surface area contributed by atoms with Gasteiger partial charge in [0.15, 0.2) is 5.82 Å². The zero-order valence-corrected chi connectivity index (χ0v) is 10.7. The van der Waals surface area contributed by atoms with Crippen molar-refractivity contribution < 1.29 is 9.90 Å². The SMILES string of the molecule is CC(C(=O)O)C(C)n1nnnc1CCN(C)C. The predicted molar refractivity (Wildman–Crippen MR) is 61.6 cm³/mol. The number of likely N-dealkylation sites (N-methyl/N-ethyl adjacent to an activating group) is 1. The fourth-order valence-electron chi connectivity index (χ4n) is 1.43. The summed E-state index contributed by atoms with van der Waals surface area (Å²) >= 11 is 0. The molecule has 0 amide bonds. The van der Waals surface area contributed by atoms with Crippen LogP contribution in [0.25, 0.3) is 0 Å². The molecular formula is C10H19N5O2. The first-order valence-corrected chi connectivity index (χ1v) is 5.57. The molecule has 7 nitrogen and oxygen atoms in total. The molecule has 17 heavy (non-hydrogen) atoms. The molecule has 0 spiro atoms. The van der Waals surface area contributed by atoms with E-state index in [2.05, 4.69) is 15.5 Å². The van der Waals surface area contributed by atoms with Gasteiger partial charge in [0.1, 0.15) is 0 Å². The Morgan fingerprint density at radius 3 is 2.65 bits per heavy atom. The first-order chi connectivity index (χ1) is 7.93. The number of aromatic nitrogens is 4. The van der Waals surface area contributed by atoms with Crippen LogP contribution < -0.4 is 0 Å². The van der Waals surface area contributed by atoms with Crippen molar-refractivity contribution in [3.63, 3.8) is 0 Å². The molecule has 0 radical (unpaired) electrons. The molecule has 0 aliphatic carbocycles. The molecule has 1 N–H and O–H groups in total. The van der Waals surface area contributed by atoms with Gasteiger partial charge < -0.3 is 10.0 Å². The number of hydrogen-bond acceptors (Lipinski definition) is 5. The maximum atomic E-state index is 10.9. The van der Waals surface area contributed by atoms with Crippen LogP contribution >= 0.6 is 0 Å². The highest BCUT2D eigenvalue weighted by Gasteiger charge is 2.24. The molecule has 0 aromatic carbocycles. The quantitative estimate of drug-likeness (QED) is 0.758. The van der Waals surface area contributed by atoms with E-state index < -0.39 is 11.9 Å². The number of tetrazole rings is 1. The van der Waals surface area contributed by atoms with E-state index in [9.17, 15) is 4.79 Å². The van der Waals surface area contributed by atoms with E-state index in [1.54, 1.807) is 11.6 Å². The van der Waals surface area contributed by atoms with Crippen molar-refractivity contribution in [3.05, 3.63) is 5.82 Å². The summed E-state index contributed by atoms with van der Waals surface area (Å²) in [6, 6.07) is -0.250. The van der Waals surface area contributed by atoms with Crippen LogP contribution in [0.4, 0.5) is 0 Å². The van der Waals surface area contributed by atoms with Crippen molar-refractivity contribution in [2.45, 2.75) is 26.3 Å². The van der Waals surface area contributed by atoms with E-state index in [-0.39, 0.29) is 6.04 Å². The monoisotopic (exact) mass is 241 g/mol. The molecule has 0 saturated carbocycles. The lowest BCUT2D eigenvalue weighted by molar-refractivity contribution is -0.142. The van der Waals surface area contributed by atoms with E-state index in [1.807, 2.05) is 25.9 Å². The third-order valence-corrected chi connectivity index (χ3v) is 2.84. The standard InChI is InChI=1S/C10H19N5O2/c1-7(10(16)17)8(2)15-9(11-12-13-15)5-6-14(3)4/h7-8H,5-6H2,1-4H3,(H,16,17). The second kappa shape index (κ2) is 5.72. The zero-order chi connectivity index (χ0) is 13.0. The van der Waals surface area contributed by atoms with Crippen LogP contribution in [0.1, 0.15) is 25.7 Å². The van der Waals surface area contributed by atoms with Crippen LogP contribution in [0.5, 0.6) is 0 Å². The summed E-state index contributed by atoms with van der Waals surface area (Å²) in [5, 5.41) is 20.4. The Morgan fingerprint density at radius 2 is 2.12 bits per heavy atom. The normalized spacial score (nSPS) is 14.9. The molecule has 0 aliphatic rings. The van der Waals surface area contributed by atoms with E-state index in [1.165, 1.54) is 0 Å². The van der Waals surface area contributed by atoms with Crippen molar-refractivity contribution in [1.82, 2.24) is 25.1 Å². The van der Waals surface area contributed by atoms with Gasteiger partial charge in [0, 0.05) is 13.0 Å². The van der Waals surface area contributed by atoms with Crippen molar-refractivity contribution in [2.24, 2.45) is 5.92 Å². The molecule has 0 fully saturated rings. The number of nitrogens with zero attached hydrogens (tertiary/aromatic N) is 5. The van der Waals surface area contributed by atoms with Crippen LogP contribution in [0.3, 0.4) is 0 Å². The van der Waals surface area contributed by atoms with E-state index >= 15 is 0 Å². The van der Waals surface area contributed by atoms with Gasteiger partial charge in [-0.25, -0.2) is 4.68 Å². The first-order valence-electron chi connectivity index (χ1n) is 5.57. The lowest BCUT2D eigenvalue weighted by Crippen LogP contribution is -2.25. The van der Waals surface area contributed by atoms with E-state index in [4.69, 9.17) is 5.11 Å². The summed E-state index contributed by atoms with van der Waals surface area (Å²) < 4.78 is 1.60. The average molecular weight is 241 g/mol. The summed E-state index contributed by atoms with van der Waals surface area (Å²) in [7, 11) is 3.94. The summed E-state index contributed by atoms with van der Waals surface area (Å²) in [4.78, 5) is 13.0. The fourth-order valence-corrected chi connectivity index (χ4v) is 1.43. The molecule has 1 rings (SSSR count). The minimum absolute atomic E-state index is 0.250. The molecule has 0 saturated heterocycles. The van der Waals surface area contributed by atoms with E-state index in [0.29, 0.717) is 6.42 Å². The maximum Gasteiger partial charge on any atom is 0.308 e. The van der Waals surface area contributed by atoms with Gasteiger partial charge in [-0.1, -0.05) is 0 Å². The maximum absolute atomic E-state index is 10.9. The van der Waals surface area contributed by atoms with Crippen LogP contribution in [-0.4, -0.2) is 56.8 Å². The van der Waals surface area contributed by atoms with Gasteiger partial charge in [0.2, 0.25) is 0 Å². The van der Waals surface area contributed by atoms with Crippen LogP contribution in [0.15, 0.2) is 0 Å². The topological polar surface area (TPSA) is 84.1 Å². The Bertz CT molecular complexity index is 377. The molecule has 2 atom stereocenters. The van der Waals surface area contributed by atoms with Crippen molar-refractivity contribution in [2.75, 3.05) is 20.6 Å². The summed E-state index contributed by atoms with van der Waals surface area (Å²) in [6.07, 6.45) is 0.705. The number of rotatable bonds is 6. The second-order valence-electron chi connectivity index (χ2n) is 4.46. The lowest BCUT2D eigenvalue weighted by Gasteiger charge is -2.17. The van der Waals surface area contributed by atoms with Crippen molar-refractivity contribution in [1.29, 1.82) is 0 Å². The average Bonchev–Trinajstić information content (AvgIpc) is 2.72. The van der Waals surface area contributed by atoms with Crippen LogP contribution in [0.2, 0.25) is 0 Å². The molecule has 2 unspecified atom stereocenters. The Labute approximate surface area is 100 Å². The van der Waals surface area contributed by atoms with Gasteiger partial charge in [-0.05, 0) is 38.4 Å². The third kappa shape index (κ3) is 3.48. The Balaban J connectivity index is 2.77. The highest BCUT2D eigenvalue weighted by Crippen LogP contribution is 2.17. The Kier molecular flexibility index (Phi) is 4.56. The third-order valence-electron chi connectivity index (χ3n) is 2.84. The minimum Gasteiger partial charge on any atom is -0.481 e. The number of carboxylic acids is 1. The second-order valence-corrected chi connectivity index (χ2v) is 4.46. The molecule has 1 aromatic heterocycles. The molecular weight excluding hydrogens is 222 g/mol. The van der Waals surface area contributed by atoms with E-state index in [0.717, 1.165) is 12.4 Å². The number of carboxylic acid groups (broad SMARTS) is 1. The lowest BCUT2D eigenvalue weighted by atomic mass is 10.0. The molecule has 96 valence electrons. The fraction of sp³-hybridized carbons (Fsp3) is 0.800. The van der Waals surface area contributed by atoms with Gasteiger partial charge in [-0.2, -0.15) is 0 Å². The number of aliphatic carboxylic acids is 1. The molecule has 1 heterocycles. The van der Waals surface area contributed by atoms with Gasteiger partial charge in [-0.3, -0.25) is 4.79 Å². The summed E-state index contributed by atoms with van der Waals surface area (Å²) in [5.41, 5.74) is 0. The number of carbonyl (C=O) groups is 1. The highest BCUT2D eigenvalue weighted by molar-refractivity contribution is 5.70. The molecule has 7 heteroatoms.